The average Bonchev–Trinajstić information content (AvgIpc) is 3.31. The minimum absolute atomic E-state index is 0.00764. The van der Waals surface area contributed by atoms with Crippen molar-refractivity contribution in [1.29, 1.82) is 0 Å². The lowest BCUT2D eigenvalue weighted by Crippen LogP contribution is -2.39. The number of hydrogen-bond donors (Lipinski definition) is 1. The third-order valence-electron chi connectivity index (χ3n) is 11.8. The molecule has 70 heavy (non-hydrogen) atoms. The molecule has 0 rings (SSSR count). The monoisotopic (exact) mass is 1000 g/mol. The van der Waals surface area contributed by atoms with Gasteiger partial charge in [-0.05, 0) is 72.6 Å². The Morgan fingerprint density at radius 3 is 1.00 bits per heavy atom. The number of aliphatic hydroxyl groups is 1. The lowest BCUT2D eigenvalue weighted by molar-refractivity contribution is -0.168. The molecule has 0 fully saturated rings. The lowest BCUT2D eigenvalue weighted by atomic mass is 9.94. The zero-order chi connectivity index (χ0) is 52.5. The third-order valence-corrected chi connectivity index (χ3v) is 11.8. The summed E-state index contributed by atoms with van der Waals surface area (Å²) in [5, 5.41) is 10.6. The second kappa shape index (κ2) is 41.1. The number of esters is 5. The number of carbonyl (C=O) groups is 6. The van der Waals surface area contributed by atoms with Gasteiger partial charge >= 0.3 is 35.9 Å². The fourth-order valence-corrected chi connectivity index (χ4v) is 7.26. The average molecular weight is 1000 g/mol. The van der Waals surface area contributed by atoms with Gasteiger partial charge in [-0.15, -0.1) is 0 Å². The molecule has 0 bridgehead atoms. The summed E-state index contributed by atoms with van der Waals surface area (Å²) < 4.78 is 39.6. The zero-order valence-corrected chi connectivity index (χ0v) is 45.7. The Hall–Kier alpha value is -3.46. The molecular formula is C55H101NO14. The van der Waals surface area contributed by atoms with Crippen molar-refractivity contribution in [2.45, 2.75) is 254 Å². The smallest absolute Gasteiger partial charge is 0.410 e. The van der Waals surface area contributed by atoms with Gasteiger partial charge in [0.2, 0.25) is 0 Å². The predicted molar refractivity (Wildman–Crippen MR) is 273 cm³/mol. The first-order valence-corrected chi connectivity index (χ1v) is 27.4. The molecule has 15 heteroatoms. The van der Waals surface area contributed by atoms with Crippen LogP contribution in [0.25, 0.3) is 0 Å². The number of unbranched alkanes of at least 4 members (excludes halogenated alkanes) is 16. The Morgan fingerprint density at radius 1 is 0.400 bits per heavy atom. The first kappa shape index (κ1) is 66.5. The normalized spacial score (nSPS) is 12.9. The maximum atomic E-state index is 13.3. The van der Waals surface area contributed by atoms with E-state index >= 15 is 0 Å². The van der Waals surface area contributed by atoms with Crippen LogP contribution in [-0.2, 0) is 57.1 Å². The lowest BCUT2D eigenvalue weighted by Gasteiger charge is -2.30. The summed E-state index contributed by atoms with van der Waals surface area (Å²) in [5.74, 6) is -2.09. The highest BCUT2D eigenvalue weighted by molar-refractivity contribution is 5.72. The van der Waals surface area contributed by atoms with Gasteiger partial charge in [0.1, 0.15) is 38.6 Å². The molecule has 1 amide bonds. The quantitative estimate of drug-likeness (QED) is 0.0262. The van der Waals surface area contributed by atoms with Crippen LogP contribution in [0.1, 0.15) is 242 Å². The van der Waals surface area contributed by atoms with Crippen molar-refractivity contribution in [3.8, 4) is 0 Å². The summed E-state index contributed by atoms with van der Waals surface area (Å²) in [6.45, 7) is 17.1. The molecule has 0 spiro atoms. The highest BCUT2D eigenvalue weighted by atomic mass is 16.6. The van der Waals surface area contributed by atoms with Crippen molar-refractivity contribution < 1.29 is 67.0 Å². The molecule has 0 aromatic rings. The molecule has 1 N–H and O–H groups in total. The maximum absolute atomic E-state index is 13.3. The van der Waals surface area contributed by atoms with E-state index < -0.39 is 40.8 Å². The van der Waals surface area contributed by atoms with E-state index in [-0.39, 0.29) is 109 Å². The second-order valence-electron chi connectivity index (χ2n) is 21.1. The van der Waals surface area contributed by atoms with Crippen molar-refractivity contribution in [3.05, 3.63) is 0 Å². The van der Waals surface area contributed by atoms with E-state index in [0.717, 1.165) is 128 Å². The molecule has 0 saturated carbocycles. The molecule has 15 nitrogen and oxygen atoms in total. The number of aliphatic hydroxyl groups excluding tert-OH is 1. The van der Waals surface area contributed by atoms with Crippen LogP contribution >= 0.6 is 0 Å². The highest BCUT2D eigenvalue weighted by Gasteiger charge is 2.32. The van der Waals surface area contributed by atoms with Crippen molar-refractivity contribution in [2.24, 2.45) is 10.8 Å². The van der Waals surface area contributed by atoms with Crippen LogP contribution in [0.4, 0.5) is 4.79 Å². The number of nitrogens with zero attached hydrogens (tertiary/aromatic N) is 1. The molecule has 0 aromatic heterocycles. The Kier molecular flexibility index (Phi) is 39.0. The van der Waals surface area contributed by atoms with Crippen molar-refractivity contribution in [2.75, 3.05) is 52.7 Å². The van der Waals surface area contributed by atoms with Crippen molar-refractivity contribution >= 4 is 35.9 Å². The van der Waals surface area contributed by atoms with E-state index in [2.05, 4.69) is 27.7 Å². The standard InChI is InChI=1S/C55H101NO14/c1-10-14-18-22-26-32-46(57)64-40-54(8,41-65-47(58)33-27-23-19-15-11-2)44-68-50(61)36-30-38-56(52(63)70-53(5,6)7)39-31-37-51(62)69-45-55(9,42-66-48(59)34-28-24-20-16-12-3)43-67-49(60)35-29-25-21-17-13-4/h46,57H,10-45H2,1-9H3. The van der Waals surface area contributed by atoms with Crippen LogP contribution in [0.5, 0.6) is 0 Å². The highest BCUT2D eigenvalue weighted by Crippen LogP contribution is 2.23. The van der Waals surface area contributed by atoms with Gasteiger partial charge in [0.05, 0.1) is 17.4 Å². The van der Waals surface area contributed by atoms with E-state index in [1.54, 1.807) is 34.6 Å². The van der Waals surface area contributed by atoms with Crippen molar-refractivity contribution in [3.63, 3.8) is 0 Å². The molecule has 410 valence electrons. The molecule has 0 aliphatic carbocycles. The fourth-order valence-electron chi connectivity index (χ4n) is 7.26. The summed E-state index contributed by atoms with van der Waals surface area (Å²) in [4.78, 5) is 78.8. The van der Waals surface area contributed by atoms with Crippen LogP contribution in [0, 0.1) is 10.8 Å². The largest absolute Gasteiger partial charge is 0.465 e. The van der Waals surface area contributed by atoms with Gasteiger partial charge in [0.15, 0.2) is 6.29 Å². The molecule has 0 aliphatic heterocycles. The molecule has 0 aliphatic rings. The Labute approximate surface area is 424 Å². The number of hydrogen-bond acceptors (Lipinski definition) is 14. The van der Waals surface area contributed by atoms with E-state index in [4.69, 9.17) is 33.2 Å². The Bertz CT molecular complexity index is 1370. The van der Waals surface area contributed by atoms with Crippen LogP contribution in [0.2, 0.25) is 0 Å². The van der Waals surface area contributed by atoms with Gasteiger partial charge in [-0.25, -0.2) is 4.79 Å². The SMILES string of the molecule is CCCCCCCC(=O)OCC(C)(COC(=O)CCCCCCC)COC(=O)CCCN(CCCC(=O)OCC(C)(COC(=O)CCCCCCC)COC(O)CCCCCCC)C(=O)OC(C)(C)C. The Morgan fingerprint density at radius 2 is 0.686 bits per heavy atom. The van der Waals surface area contributed by atoms with Crippen LogP contribution in [-0.4, -0.2) is 111 Å². The maximum Gasteiger partial charge on any atom is 0.410 e. The number of amides is 1. The van der Waals surface area contributed by atoms with Gasteiger partial charge in [-0.2, -0.15) is 0 Å². The summed E-state index contributed by atoms with van der Waals surface area (Å²) in [5.41, 5.74) is -2.68. The zero-order valence-electron chi connectivity index (χ0n) is 45.7. The van der Waals surface area contributed by atoms with Gasteiger partial charge in [-0.1, -0.05) is 137 Å². The van der Waals surface area contributed by atoms with Crippen LogP contribution in [0.15, 0.2) is 0 Å². The fraction of sp³-hybridized carbons (Fsp3) is 0.891. The van der Waals surface area contributed by atoms with Gasteiger partial charge in [0, 0.05) is 45.2 Å². The second-order valence-corrected chi connectivity index (χ2v) is 21.1. The minimum Gasteiger partial charge on any atom is -0.465 e. The first-order chi connectivity index (χ1) is 33.3. The molecule has 2 unspecified atom stereocenters. The van der Waals surface area contributed by atoms with E-state index in [9.17, 15) is 33.9 Å². The predicted octanol–water partition coefficient (Wildman–Crippen LogP) is 12.3. The molecule has 0 aromatic carbocycles. The topological polar surface area (TPSA) is 190 Å². The molecule has 0 saturated heterocycles. The van der Waals surface area contributed by atoms with Gasteiger partial charge in [-0.3, -0.25) is 24.0 Å². The van der Waals surface area contributed by atoms with E-state index in [1.165, 1.54) is 4.90 Å². The summed E-state index contributed by atoms with van der Waals surface area (Å²) in [6, 6.07) is 0. The number of ether oxygens (including phenoxy) is 7. The Balaban J connectivity index is 5.49. The summed E-state index contributed by atoms with van der Waals surface area (Å²) in [6.07, 6.45) is 20.2. The van der Waals surface area contributed by atoms with E-state index in [1.807, 2.05) is 0 Å². The summed E-state index contributed by atoms with van der Waals surface area (Å²) >= 11 is 0. The summed E-state index contributed by atoms with van der Waals surface area (Å²) in [7, 11) is 0. The van der Waals surface area contributed by atoms with Crippen molar-refractivity contribution in [1.82, 2.24) is 4.90 Å². The van der Waals surface area contributed by atoms with E-state index in [0.29, 0.717) is 12.8 Å². The number of carbonyl (C=O) groups excluding carboxylic acids is 6. The molecule has 0 heterocycles. The molecule has 2 atom stereocenters. The third kappa shape index (κ3) is 39.2. The number of rotatable bonds is 45. The first-order valence-electron chi connectivity index (χ1n) is 27.4. The van der Waals surface area contributed by atoms with Gasteiger partial charge in [0.25, 0.3) is 0 Å². The molecule has 0 radical (unpaired) electrons. The molecular weight excluding hydrogens is 899 g/mol. The minimum atomic E-state index is -0.996. The van der Waals surface area contributed by atoms with Crippen LogP contribution < -0.4 is 0 Å². The van der Waals surface area contributed by atoms with Crippen LogP contribution in [0.3, 0.4) is 0 Å². The van der Waals surface area contributed by atoms with Gasteiger partial charge < -0.3 is 43.2 Å².